The summed E-state index contributed by atoms with van der Waals surface area (Å²) in [4.78, 5) is 33.6. The summed E-state index contributed by atoms with van der Waals surface area (Å²) in [5.74, 6) is -1.05. The highest BCUT2D eigenvalue weighted by Crippen LogP contribution is 2.05. The van der Waals surface area contributed by atoms with Crippen molar-refractivity contribution in [1.82, 2.24) is 16.0 Å². The van der Waals surface area contributed by atoms with E-state index in [0.717, 1.165) is 6.42 Å². The number of hydrogen-bond donors (Lipinski definition) is 4. The van der Waals surface area contributed by atoms with E-state index in [1.807, 2.05) is 20.8 Å². The summed E-state index contributed by atoms with van der Waals surface area (Å²) in [5.41, 5.74) is 0. The van der Waals surface area contributed by atoms with Gasteiger partial charge in [-0.2, -0.15) is 0 Å². The van der Waals surface area contributed by atoms with Crippen LogP contribution in [-0.4, -0.2) is 42.1 Å². The predicted molar refractivity (Wildman–Crippen MR) is 75.3 cm³/mol. The van der Waals surface area contributed by atoms with Crippen molar-refractivity contribution in [2.75, 3.05) is 13.1 Å². The molecule has 0 aliphatic rings. The molecule has 0 aliphatic carbocycles. The van der Waals surface area contributed by atoms with E-state index >= 15 is 0 Å². The number of hydrogen-bond acceptors (Lipinski definition) is 3. The van der Waals surface area contributed by atoms with Crippen molar-refractivity contribution in [3.8, 4) is 0 Å². The van der Waals surface area contributed by atoms with Crippen LogP contribution < -0.4 is 16.0 Å². The molecular formula is C13H25N3O4. The van der Waals surface area contributed by atoms with Crippen LogP contribution in [0, 0.1) is 5.92 Å². The summed E-state index contributed by atoms with van der Waals surface area (Å²) < 4.78 is 0. The lowest BCUT2D eigenvalue weighted by Gasteiger charge is -2.20. The molecule has 0 fully saturated rings. The Hall–Kier alpha value is -1.79. The normalized spacial score (nSPS) is 11.8. The number of carbonyl (C=O) groups is 3. The van der Waals surface area contributed by atoms with Crippen LogP contribution in [0.1, 0.15) is 40.0 Å². The summed E-state index contributed by atoms with van der Waals surface area (Å²) in [7, 11) is 0. The Kier molecular flexibility index (Phi) is 9.15. The van der Waals surface area contributed by atoms with E-state index in [9.17, 15) is 14.4 Å². The van der Waals surface area contributed by atoms with Crippen LogP contribution in [0.4, 0.5) is 4.79 Å². The van der Waals surface area contributed by atoms with Crippen LogP contribution in [0.2, 0.25) is 0 Å². The van der Waals surface area contributed by atoms with Crippen molar-refractivity contribution in [3.63, 3.8) is 0 Å². The molecule has 0 spiro atoms. The average Bonchev–Trinajstić information content (AvgIpc) is 2.34. The lowest BCUT2D eigenvalue weighted by molar-refractivity contribution is -0.137. The van der Waals surface area contributed by atoms with Gasteiger partial charge in [-0.3, -0.25) is 9.59 Å². The van der Waals surface area contributed by atoms with Gasteiger partial charge in [0.15, 0.2) is 0 Å². The lowest BCUT2D eigenvalue weighted by atomic mass is 10.0. The van der Waals surface area contributed by atoms with Gasteiger partial charge in [0.2, 0.25) is 5.91 Å². The predicted octanol–water partition coefficient (Wildman–Crippen LogP) is 0.701. The fourth-order valence-corrected chi connectivity index (χ4v) is 1.50. The third-order valence-corrected chi connectivity index (χ3v) is 2.73. The molecule has 3 amide bonds. The minimum absolute atomic E-state index is 0.0182. The van der Waals surface area contributed by atoms with Gasteiger partial charge in [-0.15, -0.1) is 0 Å². The summed E-state index contributed by atoms with van der Waals surface area (Å²) in [6, 6.07) is -0.880. The Morgan fingerprint density at radius 3 is 2.25 bits per heavy atom. The number of carboxylic acids is 1. The van der Waals surface area contributed by atoms with Gasteiger partial charge in [0.05, 0.1) is 6.42 Å². The number of carbonyl (C=O) groups excluding carboxylic acids is 2. The lowest BCUT2D eigenvalue weighted by Crippen LogP contribution is -2.46. The van der Waals surface area contributed by atoms with Crippen LogP contribution in [0.3, 0.4) is 0 Å². The van der Waals surface area contributed by atoms with Gasteiger partial charge in [0.1, 0.15) is 0 Å². The maximum absolute atomic E-state index is 11.6. The second-order valence-corrected chi connectivity index (χ2v) is 4.95. The van der Waals surface area contributed by atoms with Gasteiger partial charge in [-0.1, -0.05) is 20.8 Å². The van der Waals surface area contributed by atoms with Gasteiger partial charge in [0, 0.05) is 25.6 Å². The molecule has 0 aromatic heterocycles. The molecule has 20 heavy (non-hydrogen) atoms. The number of amides is 3. The van der Waals surface area contributed by atoms with Crippen LogP contribution in [-0.2, 0) is 9.59 Å². The SMILES string of the molecule is CCCNC(=O)CCNC(=O)NC(CC(=O)O)C(C)C. The first-order valence-corrected chi connectivity index (χ1v) is 6.89. The summed E-state index contributed by atoms with van der Waals surface area (Å²) in [5, 5.41) is 16.6. The van der Waals surface area contributed by atoms with E-state index in [1.54, 1.807) is 0 Å². The van der Waals surface area contributed by atoms with Crippen molar-refractivity contribution in [2.24, 2.45) is 5.92 Å². The highest BCUT2D eigenvalue weighted by molar-refractivity contribution is 5.78. The topological polar surface area (TPSA) is 108 Å². The van der Waals surface area contributed by atoms with Gasteiger partial charge in [0.25, 0.3) is 0 Å². The van der Waals surface area contributed by atoms with E-state index in [4.69, 9.17) is 5.11 Å². The van der Waals surface area contributed by atoms with Crippen molar-refractivity contribution < 1.29 is 19.5 Å². The number of rotatable bonds is 9. The standard InChI is InChI=1S/C13H25N3O4/c1-4-6-14-11(17)5-7-15-13(20)16-10(9(2)3)8-12(18)19/h9-10H,4-8H2,1-3H3,(H,14,17)(H,18,19)(H2,15,16,20). The highest BCUT2D eigenvalue weighted by Gasteiger charge is 2.19. The molecule has 0 aromatic carbocycles. The first-order valence-electron chi connectivity index (χ1n) is 6.89. The van der Waals surface area contributed by atoms with Crippen molar-refractivity contribution in [1.29, 1.82) is 0 Å². The smallest absolute Gasteiger partial charge is 0.315 e. The molecule has 0 heterocycles. The van der Waals surface area contributed by atoms with Gasteiger partial charge >= 0.3 is 12.0 Å². The quantitative estimate of drug-likeness (QED) is 0.500. The van der Waals surface area contributed by atoms with Crippen molar-refractivity contribution >= 4 is 17.9 Å². The van der Waals surface area contributed by atoms with E-state index in [-0.39, 0.29) is 31.2 Å². The van der Waals surface area contributed by atoms with E-state index < -0.39 is 18.0 Å². The van der Waals surface area contributed by atoms with Crippen molar-refractivity contribution in [3.05, 3.63) is 0 Å². The molecule has 4 N–H and O–H groups in total. The second kappa shape index (κ2) is 10.1. The maximum atomic E-state index is 11.6. The zero-order chi connectivity index (χ0) is 15.5. The van der Waals surface area contributed by atoms with E-state index in [2.05, 4.69) is 16.0 Å². The summed E-state index contributed by atoms with van der Waals surface area (Å²) in [6.07, 6.45) is 0.950. The Morgan fingerprint density at radius 1 is 1.10 bits per heavy atom. The van der Waals surface area contributed by atoms with Crippen molar-refractivity contribution in [2.45, 2.75) is 46.1 Å². The van der Waals surface area contributed by atoms with Crippen LogP contribution in [0.5, 0.6) is 0 Å². The summed E-state index contributed by atoms with van der Waals surface area (Å²) >= 11 is 0. The van der Waals surface area contributed by atoms with Gasteiger partial charge < -0.3 is 21.1 Å². The van der Waals surface area contributed by atoms with Crippen LogP contribution in [0.25, 0.3) is 0 Å². The zero-order valence-corrected chi connectivity index (χ0v) is 12.4. The number of urea groups is 1. The van der Waals surface area contributed by atoms with E-state index in [0.29, 0.717) is 6.54 Å². The Labute approximate surface area is 119 Å². The van der Waals surface area contributed by atoms with Crippen LogP contribution >= 0.6 is 0 Å². The third kappa shape index (κ3) is 9.18. The largest absolute Gasteiger partial charge is 0.481 e. The minimum Gasteiger partial charge on any atom is -0.481 e. The molecule has 0 rings (SSSR count). The molecule has 0 aliphatic heterocycles. The van der Waals surface area contributed by atoms with Gasteiger partial charge in [-0.25, -0.2) is 4.79 Å². The monoisotopic (exact) mass is 287 g/mol. The molecule has 0 aromatic rings. The average molecular weight is 287 g/mol. The Morgan fingerprint density at radius 2 is 1.75 bits per heavy atom. The highest BCUT2D eigenvalue weighted by atomic mass is 16.4. The molecule has 0 saturated carbocycles. The van der Waals surface area contributed by atoms with Gasteiger partial charge in [-0.05, 0) is 12.3 Å². The minimum atomic E-state index is -0.956. The number of aliphatic carboxylic acids is 1. The Balaban J connectivity index is 3.96. The first kappa shape index (κ1) is 18.2. The van der Waals surface area contributed by atoms with E-state index in [1.165, 1.54) is 0 Å². The maximum Gasteiger partial charge on any atom is 0.315 e. The molecular weight excluding hydrogens is 262 g/mol. The molecule has 1 unspecified atom stereocenters. The number of nitrogens with one attached hydrogen (secondary N) is 3. The molecule has 0 saturated heterocycles. The Bertz CT molecular complexity index is 332. The molecule has 7 heteroatoms. The molecule has 1 atom stereocenters. The van der Waals surface area contributed by atoms with Crippen LogP contribution in [0.15, 0.2) is 0 Å². The first-order chi connectivity index (χ1) is 9.36. The molecule has 0 radical (unpaired) electrons. The third-order valence-electron chi connectivity index (χ3n) is 2.73. The number of carboxylic acid groups (broad SMARTS) is 1. The molecule has 0 bridgehead atoms. The molecule has 116 valence electrons. The summed E-state index contributed by atoms with van der Waals surface area (Å²) in [6.45, 7) is 6.48. The molecule has 7 nitrogen and oxygen atoms in total. The zero-order valence-electron chi connectivity index (χ0n) is 12.4. The second-order valence-electron chi connectivity index (χ2n) is 4.95. The fraction of sp³-hybridized carbons (Fsp3) is 0.769. The fourth-order valence-electron chi connectivity index (χ4n) is 1.50.